The summed E-state index contributed by atoms with van der Waals surface area (Å²) in [6.07, 6.45) is 0. The fraction of sp³-hybridized carbons (Fsp3) is 0.100. The Morgan fingerprint density at radius 3 is 2.86 bits per heavy atom. The van der Waals surface area contributed by atoms with Gasteiger partial charge >= 0.3 is 0 Å². The van der Waals surface area contributed by atoms with Crippen LogP contribution in [0.25, 0.3) is 10.9 Å². The lowest BCUT2D eigenvalue weighted by Crippen LogP contribution is -2.05. The Hall–Kier alpha value is -1.29. The second-order valence-electron chi connectivity index (χ2n) is 3.12. The third-order valence-electron chi connectivity index (χ3n) is 2.19. The Labute approximate surface area is 88.5 Å². The maximum absolute atomic E-state index is 11.2. The summed E-state index contributed by atoms with van der Waals surface area (Å²) in [6, 6.07) is 5.19. The minimum atomic E-state index is -0.460. The first-order valence-electron chi connectivity index (χ1n) is 4.10. The van der Waals surface area contributed by atoms with Crippen LogP contribution >= 0.6 is 15.9 Å². The highest BCUT2D eigenvalue weighted by Gasteiger charge is 2.04. The van der Waals surface area contributed by atoms with Crippen LogP contribution in [-0.4, -0.2) is 10.1 Å². The Kier molecular flexibility index (Phi) is 2.07. The van der Waals surface area contributed by atoms with Crippen molar-refractivity contribution in [2.24, 2.45) is 0 Å². The first-order valence-corrected chi connectivity index (χ1v) is 4.90. The van der Waals surface area contributed by atoms with Crippen molar-refractivity contribution in [3.8, 4) is 5.75 Å². The van der Waals surface area contributed by atoms with E-state index in [9.17, 15) is 9.90 Å². The first-order chi connectivity index (χ1) is 6.59. The zero-order valence-electron chi connectivity index (χ0n) is 7.47. The summed E-state index contributed by atoms with van der Waals surface area (Å²) in [5.41, 5.74) is 1.25. The van der Waals surface area contributed by atoms with E-state index in [0.29, 0.717) is 0 Å². The summed E-state index contributed by atoms with van der Waals surface area (Å²) in [5, 5.41) is 10.0. The SMILES string of the molecule is Cc1c(Br)ccc2cc(O)c(=O)[nH]c12. The molecule has 0 bridgehead atoms. The van der Waals surface area contributed by atoms with Crippen molar-refractivity contribution in [1.29, 1.82) is 0 Å². The Morgan fingerprint density at radius 2 is 2.14 bits per heavy atom. The van der Waals surface area contributed by atoms with Gasteiger partial charge in [-0.15, -0.1) is 0 Å². The minimum absolute atomic E-state index is 0.251. The van der Waals surface area contributed by atoms with E-state index in [4.69, 9.17) is 0 Å². The molecule has 0 saturated heterocycles. The van der Waals surface area contributed by atoms with Gasteiger partial charge in [0.25, 0.3) is 5.56 Å². The van der Waals surface area contributed by atoms with Crippen molar-refractivity contribution in [2.75, 3.05) is 0 Å². The van der Waals surface area contributed by atoms with E-state index >= 15 is 0 Å². The number of fused-ring (bicyclic) bond motifs is 1. The van der Waals surface area contributed by atoms with Crippen molar-refractivity contribution in [2.45, 2.75) is 6.92 Å². The lowest BCUT2D eigenvalue weighted by atomic mass is 10.1. The maximum atomic E-state index is 11.2. The average Bonchev–Trinajstić information content (AvgIpc) is 2.15. The average molecular weight is 254 g/mol. The number of hydrogen-bond acceptors (Lipinski definition) is 2. The molecule has 1 aromatic heterocycles. The number of aromatic hydroxyl groups is 1. The van der Waals surface area contributed by atoms with Gasteiger partial charge in [0.05, 0.1) is 5.52 Å². The normalized spacial score (nSPS) is 10.7. The maximum Gasteiger partial charge on any atom is 0.290 e. The standard InChI is InChI=1S/C10H8BrNO2/c1-5-7(11)3-2-6-4-8(13)10(14)12-9(5)6/h2-4,13H,1H3,(H,12,14). The molecule has 1 heterocycles. The molecule has 0 amide bonds. The molecular weight excluding hydrogens is 246 g/mol. The fourth-order valence-electron chi connectivity index (χ4n) is 1.38. The van der Waals surface area contributed by atoms with Crippen molar-refractivity contribution >= 4 is 26.8 Å². The largest absolute Gasteiger partial charge is 0.503 e. The molecule has 4 heteroatoms. The number of nitrogens with one attached hydrogen (secondary N) is 1. The fourth-order valence-corrected chi connectivity index (χ4v) is 1.71. The number of benzene rings is 1. The number of aryl methyl sites for hydroxylation is 1. The van der Waals surface area contributed by atoms with Crippen molar-refractivity contribution in [3.63, 3.8) is 0 Å². The highest BCUT2D eigenvalue weighted by Crippen LogP contribution is 2.24. The summed E-state index contributed by atoms with van der Waals surface area (Å²) in [5.74, 6) is -0.251. The van der Waals surface area contributed by atoms with Crippen LogP contribution in [0.15, 0.2) is 27.5 Å². The molecule has 72 valence electrons. The van der Waals surface area contributed by atoms with Crippen LogP contribution in [0.4, 0.5) is 0 Å². The number of H-pyrrole nitrogens is 1. The Morgan fingerprint density at radius 1 is 1.43 bits per heavy atom. The second kappa shape index (κ2) is 3.13. The van der Waals surface area contributed by atoms with Crippen LogP contribution in [0.3, 0.4) is 0 Å². The van der Waals surface area contributed by atoms with E-state index in [0.717, 1.165) is 20.9 Å². The third kappa shape index (κ3) is 1.32. The van der Waals surface area contributed by atoms with Gasteiger partial charge in [0.2, 0.25) is 0 Å². The predicted octanol–water partition coefficient (Wildman–Crippen LogP) is 2.30. The van der Waals surface area contributed by atoms with E-state index in [1.54, 1.807) is 0 Å². The van der Waals surface area contributed by atoms with Gasteiger partial charge in [-0.1, -0.05) is 22.0 Å². The number of hydrogen-bond donors (Lipinski definition) is 2. The van der Waals surface area contributed by atoms with Gasteiger partial charge in [-0.2, -0.15) is 0 Å². The van der Waals surface area contributed by atoms with Crippen LogP contribution in [0, 0.1) is 6.92 Å². The van der Waals surface area contributed by atoms with E-state index in [1.807, 2.05) is 19.1 Å². The zero-order valence-corrected chi connectivity index (χ0v) is 9.05. The molecular formula is C10H8BrNO2. The van der Waals surface area contributed by atoms with E-state index in [2.05, 4.69) is 20.9 Å². The molecule has 14 heavy (non-hydrogen) atoms. The van der Waals surface area contributed by atoms with Crippen LogP contribution in [0.2, 0.25) is 0 Å². The van der Waals surface area contributed by atoms with E-state index in [1.165, 1.54) is 6.07 Å². The topological polar surface area (TPSA) is 53.1 Å². The highest BCUT2D eigenvalue weighted by atomic mass is 79.9. The molecule has 1 aromatic carbocycles. The quantitative estimate of drug-likeness (QED) is 0.757. The lowest BCUT2D eigenvalue weighted by Gasteiger charge is -2.04. The molecule has 0 saturated carbocycles. The van der Waals surface area contributed by atoms with Gasteiger partial charge in [-0.25, -0.2) is 0 Å². The Balaban J connectivity index is 2.97. The monoisotopic (exact) mass is 253 g/mol. The molecule has 2 rings (SSSR count). The molecule has 2 aromatic rings. The number of aromatic nitrogens is 1. The molecule has 3 nitrogen and oxygen atoms in total. The zero-order chi connectivity index (χ0) is 10.3. The van der Waals surface area contributed by atoms with Gasteiger partial charge in [-0.05, 0) is 24.6 Å². The highest BCUT2D eigenvalue weighted by molar-refractivity contribution is 9.10. The molecule has 0 radical (unpaired) electrons. The molecule has 0 fully saturated rings. The van der Waals surface area contributed by atoms with Crippen molar-refractivity contribution in [3.05, 3.63) is 38.6 Å². The molecule has 0 aliphatic carbocycles. The summed E-state index contributed by atoms with van der Waals surface area (Å²) in [7, 11) is 0. The van der Waals surface area contributed by atoms with Crippen LogP contribution in [0.5, 0.6) is 5.75 Å². The first kappa shape index (κ1) is 9.27. The molecule has 0 aliphatic heterocycles. The molecule has 0 aliphatic rings. The van der Waals surface area contributed by atoms with Gasteiger partial charge in [0.1, 0.15) is 0 Å². The van der Waals surface area contributed by atoms with Gasteiger partial charge in [-0.3, -0.25) is 4.79 Å². The summed E-state index contributed by atoms with van der Waals surface area (Å²) < 4.78 is 0.936. The molecule has 0 unspecified atom stereocenters. The van der Waals surface area contributed by atoms with Crippen molar-refractivity contribution in [1.82, 2.24) is 4.98 Å². The van der Waals surface area contributed by atoms with Crippen molar-refractivity contribution < 1.29 is 5.11 Å². The van der Waals surface area contributed by atoms with Gasteiger partial charge in [0, 0.05) is 9.86 Å². The molecule has 0 spiro atoms. The number of aromatic amines is 1. The summed E-state index contributed by atoms with van der Waals surface area (Å²) in [4.78, 5) is 13.8. The minimum Gasteiger partial charge on any atom is -0.503 e. The van der Waals surface area contributed by atoms with Crippen LogP contribution in [0.1, 0.15) is 5.56 Å². The lowest BCUT2D eigenvalue weighted by molar-refractivity contribution is 0.468. The molecule has 0 atom stereocenters. The summed E-state index contributed by atoms with van der Waals surface area (Å²) >= 11 is 3.37. The molecule has 2 N–H and O–H groups in total. The Bertz CT molecular complexity index is 560. The van der Waals surface area contributed by atoms with E-state index < -0.39 is 5.56 Å². The number of rotatable bonds is 0. The van der Waals surface area contributed by atoms with Crippen LogP contribution < -0.4 is 5.56 Å². The number of pyridine rings is 1. The predicted molar refractivity (Wildman–Crippen MR) is 58.7 cm³/mol. The van der Waals surface area contributed by atoms with Gasteiger partial charge < -0.3 is 10.1 Å². The second-order valence-corrected chi connectivity index (χ2v) is 3.97. The summed E-state index contributed by atoms with van der Waals surface area (Å²) in [6.45, 7) is 1.90. The third-order valence-corrected chi connectivity index (χ3v) is 3.05. The van der Waals surface area contributed by atoms with Gasteiger partial charge in [0.15, 0.2) is 5.75 Å². The van der Waals surface area contributed by atoms with Crippen LogP contribution in [-0.2, 0) is 0 Å². The smallest absolute Gasteiger partial charge is 0.290 e. The van der Waals surface area contributed by atoms with E-state index in [-0.39, 0.29) is 5.75 Å². The number of halogens is 1.